The first-order chi connectivity index (χ1) is 8.13. The Hall–Kier alpha value is -1.22. The van der Waals surface area contributed by atoms with E-state index in [1.165, 1.54) is 6.07 Å². The lowest BCUT2D eigenvalue weighted by atomic mass is 10.1. The van der Waals surface area contributed by atoms with Gasteiger partial charge in [-0.25, -0.2) is 8.78 Å². The summed E-state index contributed by atoms with van der Waals surface area (Å²) in [6.45, 7) is 6.20. The summed E-state index contributed by atoms with van der Waals surface area (Å²) in [6.07, 6.45) is 3.11. The van der Waals surface area contributed by atoms with Crippen molar-refractivity contribution in [1.29, 1.82) is 0 Å². The topological polar surface area (TPSA) is 12.0 Å². The van der Waals surface area contributed by atoms with Crippen LogP contribution in [0.2, 0.25) is 0 Å². The summed E-state index contributed by atoms with van der Waals surface area (Å²) >= 11 is 0. The highest BCUT2D eigenvalue weighted by atomic mass is 19.2. The second-order valence-corrected chi connectivity index (χ2v) is 4.68. The third-order valence-electron chi connectivity index (χ3n) is 3.48. The molecule has 1 fully saturated rings. The lowest BCUT2D eigenvalue weighted by Gasteiger charge is -2.13. The van der Waals surface area contributed by atoms with Crippen LogP contribution in [0.25, 0.3) is 0 Å². The third-order valence-corrected chi connectivity index (χ3v) is 3.48. The number of allylic oxidation sites excluding steroid dienone is 1. The molecular weight excluding hydrogens is 220 g/mol. The molecule has 3 atom stereocenters. The van der Waals surface area contributed by atoms with E-state index in [0.717, 1.165) is 12.5 Å². The molecule has 1 saturated carbocycles. The van der Waals surface area contributed by atoms with E-state index >= 15 is 0 Å². The predicted octanol–water partition coefficient (Wildman–Crippen LogP) is 3.27. The van der Waals surface area contributed by atoms with E-state index < -0.39 is 11.6 Å². The van der Waals surface area contributed by atoms with Gasteiger partial charge in [0.2, 0.25) is 0 Å². The van der Waals surface area contributed by atoms with Crippen molar-refractivity contribution >= 4 is 0 Å². The fourth-order valence-corrected chi connectivity index (χ4v) is 2.19. The molecule has 0 aromatic heterocycles. The van der Waals surface area contributed by atoms with Crippen molar-refractivity contribution in [1.82, 2.24) is 5.32 Å². The number of benzene rings is 1. The van der Waals surface area contributed by atoms with Gasteiger partial charge in [-0.3, -0.25) is 0 Å². The molecule has 1 aliphatic rings. The summed E-state index contributed by atoms with van der Waals surface area (Å²) in [4.78, 5) is 0. The zero-order valence-corrected chi connectivity index (χ0v) is 9.92. The van der Waals surface area contributed by atoms with Crippen molar-refractivity contribution in [2.75, 3.05) is 0 Å². The van der Waals surface area contributed by atoms with Crippen LogP contribution in [0, 0.1) is 23.5 Å². The monoisotopic (exact) mass is 237 g/mol. The number of halogens is 2. The maximum absolute atomic E-state index is 13.4. The van der Waals surface area contributed by atoms with Crippen molar-refractivity contribution in [3.05, 3.63) is 48.1 Å². The van der Waals surface area contributed by atoms with E-state index in [9.17, 15) is 8.78 Å². The smallest absolute Gasteiger partial charge is 0.163 e. The van der Waals surface area contributed by atoms with Crippen LogP contribution in [0.5, 0.6) is 0 Å². The fraction of sp³-hybridized carbons (Fsp3) is 0.429. The Balaban J connectivity index is 1.89. The molecule has 17 heavy (non-hydrogen) atoms. The Morgan fingerprint density at radius 2 is 2.29 bits per heavy atom. The maximum Gasteiger partial charge on any atom is 0.163 e. The number of rotatable bonds is 5. The van der Waals surface area contributed by atoms with Crippen LogP contribution in [-0.4, -0.2) is 6.04 Å². The van der Waals surface area contributed by atoms with Crippen molar-refractivity contribution < 1.29 is 8.78 Å². The molecule has 0 radical (unpaired) electrons. The summed E-state index contributed by atoms with van der Waals surface area (Å²) in [5.74, 6) is -0.366. The molecule has 1 nitrogen and oxygen atoms in total. The van der Waals surface area contributed by atoms with Crippen molar-refractivity contribution in [3.8, 4) is 0 Å². The first-order valence-electron chi connectivity index (χ1n) is 5.92. The van der Waals surface area contributed by atoms with Gasteiger partial charge in [0.05, 0.1) is 0 Å². The number of hydrogen-bond donors (Lipinski definition) is 1. The molecule has 0 bridgehead atoms. The fourth-order valence-electron chi connectivity index (χ4n) is 2.19. The van der Waals surface area contributed by atoms with Gasteiger partial charge >= 0.3 is 0 Å². The van der Waals surface area contributed by atoms with Gasteiger partial charge in [-0.2, -0.15) is 0 Å². The Bertz CT molecular complexity index is 417. The van der Waals surface area contributed by atoms with E-state index in [0.29, 0.717) is 30.0 Å². The van der Waals surface area contributed by atoms with Gasteiger partial charge in [-0.15, -0.1) is 6.58 Å². The molecular formula is C14H17F2N. The third kappa shape index (κ3) is 2.72. The number of hydrogen-bond acceptors (Lipinski definition) is 1. The lowest BCUT2D eigenvalue weighted by Crippen LogP contribution is -2.28. The average Bonchev–Trinajstić information content (AvgIpc) is 3.10. The summed E-state index contributed by atoms with van der Waals surface area (Å²) in [5.41, 5.74) is 0.382. The summed E-state index contributed by atoms with van der Waals surface area (Å²) in [7, 11) is 0. The average molecular weight is 237 g/mol. The first kappa shape index (κ1) is 12.2. The lowest BCUT2D eigenvalue weighted by molar-refractivity contribution is 0.459. The second kappa shape index (κ2) is 4.96. The van der Waals surface area contributed by atoms with Crippen LogP contribution >= 0.6 is 0 Å². The summed E-state index contributed by atoms with van der Waals surface area (Å²) in [6, 6.07) is 4.58. The molecule has 1 aromatic carbocycles. The van der Waals surface area contributed by atoms with Crippen molar-refractivity contribution in [2.24, 2.45) is 11.8 Å². The molecule has 1 N–H and O–H groups in total. The zero-order chi connectivity index (χ0) is 12.4. The largest absolute Gasteiger partial charge is 0.310 e. The Morgan fingerprint density at radius 1 is 1.53 bits per heavy atom. The molecule has 2 rings (SSSR count). The first-order valence-corrected chi connectivity index (χ1v) is 5.92. The van der Waals surface area contributed by atoms with Gasteiger partial charge < -0.3 is 5.32 Å². The molecule has 0 saturated heterocycles. The van der Waals surface area contributed by atoms with Gasteiger partial charge in [-0.05, 0) is 31.2 Å². The number of nitrogens with one attached hydrogen (secondary N) is 1. The molecule has 92 valence electrons. The SMILES string of the molecule is C=CC1CC1C(C)NCc1cccc(F)c1F. The van der Waals surface area contributed by atoms with Crippen LogP contribution in [0.1, 0.15) is 18.9 Å². The van der Waals surface area contributed by atoms with E-state index in [-0.39, 0.29) is 0 Å². The van der Waals surface area contributed by atoms with Gasteiger partial charge in [-0.1, -0.05) is 18.2 Å². The molecule has 0 spiro atoms. The minimum atomic E-state index is -0.785. The molecule has 0 amide bonds. The summed E-state index contributed by atoms with van der Waals surface area (Å²) < 4.78 is 26.4. The van der Waals surface area contributed by atoms with Crippen LogP contribution in [0.3, 0.4) is 0 Å². The highest BCUT2D eigenvalue weighted by Crippen LogP contribution is 2.41. The minimum Gasteiger partial charge on any atom is -0.310 e. The van der Waals surface area contributed by atoms with Gasteiger partial charge in [0.1, 0.15) is 0 Å². The van der Waals surface area contributed by atoms with Crippen molar-refractivity contribution in [3.63, 3.8) is 0 Å². The molecule has 3 unspecified atom stereocenters. The van der Waals surface area contributed by atoms with Gasteiger partial charge in [0.15, 0.2) is 11.6 Å². The van der Waals surface area contributed by atoms with E-state index in [4.69, 9.17) is 0 Å². The minimum absolute atomic E-state index is 0.306. The van der Waals surface area contributed by atoms with Gasteiger partial charge in [0.25, 0.3) is 0 Å². The van der Waals surface area contributed by atoms with Crippen LogP contribution in [0.15, 0.2) is 30.9 Å². The Kier molecular flexibility index (Phi) is 3.57. The molecule has 1 aromatic rings. The van der Waals surface area contributed by atoms with Crippen LogP contribution in [-0.2, 0) is 6.54 Å². The van der Waals surface area contributed by atoms with E-state index in [1.807, 2.05) is 6.08 Å². The highest BCUT2D eigenvalue weighted by molar-refractivity contribution is 5.19. The Morgan fingerprint density at radius 3 is 2.94 bits per heavy atom. The standard InChI is InChI=1S/C14H17F2N/c1-3-10-7-12(10)9(2)17-8-11-5-4-6-13(15)14(11)16/h3-6,9-10,12,17H,1,7-8H2,2H3. The van der Waals surface area contributed by atoms with Crippen LogP contribution in [0.4, 0.5) is 8.78 Å². The maximum atomic E-state index is 13.4. The summed E-state index contributed by atoms with van der Waals surface area (Å²) in [5, 5.41) is 3.24. The zero-order valence-electron chi connectivity index (χ0n) is 9.92. The predicted molar refractivity (Wildman–Crippen MR) is 64.5 cm³/mol. The van der Waals surface area contributed by atoms with E-state index in [2.05, 4.69) is 18.8 Å². The Labute approximate surface area is 101 Å². The van der Waals surface area contributed by atoms with Crippen LogP contribution < -0.4 is 5.32 Å². The van der Waals surface area contributed by atoms with Gasteiger partial charge in [0, 0.05) is 18.2 Å². The second-order valence-electron chi connectivity index (χ2n) is 4.68. The quantitative estimate of drug-likeness (QED) is 0.775. The van der Waals surface area contributed by atoms with E-state index in [1.54, 1.807) is 6.07 Å². The molecule has 3 heteroatoms. The van der Waals surface area contributed by atoms with Crippen molar-refractivity contribution in [2.45, 2.75) is 25.9 Å². The highest BCUT2D eigenvalue weighted by Gasteiger charge is 2.38. The molecule has 1 aliphatic carbocycles. The molecule has 0 aliphatic heterocycles. The molecule has 0 heterocycles. The normalized spacial score (nSPS) is 24.4.